The van der Waals surface area contributed by atoms with E-state index < -0.39 is 0 Å². The number of hydrogen-bond donors (Lipinski definition) is 1. The van der Waals surface area contributed by atoms with Gasteiger partial charge in [0.05, 0.1) is 11.6 Å². The summed E-state index contributed by atoms with van der Waals surface area (Å²) >= 11 is 5.71. The number of aromatic nitrogens is 2. The van der Waals surface area contributed by atoms with Gasteiger partial charge in [0, 0.05) is 31.5 Å². The second kappa shape index (κ2) is 6.13. The Labute approximate surface area is 127 Å². The molecule has 112 valence electrons. The molecule has 0 bridgehead atoms. The highest BCUT2D eigenvalue weighted by atomic mass is 35.5. The van der Waals surface area contributed by atoms with Crippen molar-refractivity contribution in [3.8, 4) is 0 Å². The minimum absolute atomic E-state index is 0.0652. The zero-order valence-corrected chi connectivity index (χ0v) is 12.5. The Hall–Kier alpha value is -1.43. The van der Waals surface area contributed by atoms with Crippen LogP contribution in [0.4, 0.5) is 4.39 Å². The van der Waals surface area contributed by atoms with E-state index in [0.717, 1.165) is 30.2 Å². The van der Waals surface area contributed by atoms with Crippen molar-refractivity contribution < 1.29 is 9.13 Å². The highest BCUT2D eigenvalue weighted by Gasteiger charge is 2.24. The lowest BCUT2D eigenvalue weighted by Gasteiger charge is -2.32. The molecule has 21 heavy (non-hydrogen) atoms. The van der Waals surface area contributed by atoms with Gasteiger partial charge in [0.1, 0.15) is 17.7 Å². The molecule has 0 unspecified atom stereocenters. The molecule has 2 aromatic rings. The molecule has 1 N–H and O–H groups in total. The first-order valence-electron chi connectivity index (χ1n) is 6.91. The van der Waals surface area contributed by atoms with E-state index in [9.17, 15) is 4.39 Å². The summed E-state index contributed by atoms with van der Waals surface area (Å²) < 4.78 is 19.2. The third-order valence-electron chi connectivity index (χ3n) is 3.57. The number of nitrogens with zero attached hydrogens (tertiary/aromatic N) is 2. The molecule has 0 spiro atoms. The van der Waals surface area contributed by atoms with Crippen LogP contribution in [0.2, 0.25) is 5.02 Å². The Morgan fingerprint density at radius 3 is 3.10 bits per heavy atom. The second-order valence-corrected chi connectivity index (χ2v) is 5.70. The van der Waals surface area contributed by atoms with Gasteiger partial charge in [0.15, 0.2) is 0 Å². The predicted molar refractivity (Wildman–Crippen MR) is 78.7 cm³/mol. The summed E-state index contributed by atoms with van der Waals surface area (Å²) in [5.74, 6) is 0.472. The van der Waals surface area contributed by atoms with Crippen molar-refractivity contribution in [1.29, 1.82) is 0 Å². The van der Waals surface area contributed by atoms with Crippen LogP contribution >= 0.6 is 11.6 Å². The van der Waals surface area contributed by atoms with E-state index in [2.05, 4.69) is 14.9 Å². The summed E-state index contributed by atoms with van der Waals surface area (Å²) in [5.41, 5.74) is 1.93. The molecule has 1 atom stereocenters. The van der Waals surface area contributed by atoms with Gasteiger partial charge in [0.2, 0.25) is 0 Å². The molecule has 1 fully saturated rings. The third kappa shape index (κ3) is 3.43. The number of morpholine rings is 1. The van der Waals surface area contributed by atoms with Crippen LogP contribution in [0.3, 0.4) is 0 Å². The molecule has 1 saturated heterocycles. The van der Waals surface area contributed by atoms with Crippen LogP contribution in [0, 0.1) is 12.7 Å². The van der Waals surface area contributed by atoms with E-state index in [0.29, 0.717) is 13.2 Å². The number of benzene rings is 1. The van der Waals surface area contributed by atoms with E-state index in [-0.39, 0.29) is 16.9 Å². The first kappa shape index (κ1) is 14.5. The number of H-pyrrole nitrogens is 1. The molecule has 6 heteroatoms. The highest BCUT2D eigenvalue weighted by Crippen LogP contribution is 2.22. The van der Waals surface area contributed by atoms with Crippen molar-refractivity contribution in [3.63, 3.8) is 0 Å². The van der Waals surface area contributed by atoms with E-state index in [4.69, 9.17) is 16.3 Å². The molecule has 3 rings (SSSR count). The molecule has 2 heterocycles. The van der Waals surface area contributed by atoms with Gasteiger partial charge in [0.25, 0.3) is 0 Å². The van der Waals surface area contributed by atoms with Crippen LogP contribution in [0.5, 0.6) is 0 Å². The van der Waals surface area contributed by atoms with Gasteiger partial charge in [-0.15, -0.1) is 0 Å². The number of aryl methyl sites for hydroxylation is 1. The maximum atomic E-state index is 13.5. The van der Waals surface area contributed by atoms with Gasteiger partial charge in [-0.05, 0) is 24.6 Å². The first-order chi connectivity index (χ1) is 10.1. The Bertz CT molecular complexity index is 631. The number of rotatable bonds is 3. The number of nitrogens with one attached hydrogen (secondary N) is 1. The average Bonchev–Trinajstić information content (AvgIpc) is 2.90. The molecule has 1 aromatic heterocycles. The Morgan fingerprint density at radius 1 is 1.52 bits per heavy atom. The van der Waals surface area contributed by atoms with Crippen molar-refractivity contribution in [2.45, 2.75) is 19.6 Å². The molecular weight excluding hydrogens is 293 g/mol. The highest BCUT2D eigenvalue weighted by molar-refractivity contribution is 6.30. The van der Waals surface area contributed by atoms with Gasteiger partial charge in [-0.1, -0.05) is 17.7 Å². The SMILES string of the molecule is Cc1cnc([C@H]2CN(Cc3ccc(Cl)c(F)c3)CCO2)[nH]1. The lowest BCUT2D eigenvalue weighted by Crippen LogP contribution is -2.38. The molecule has 4 nitrogen and oxygen atoms in total. The number of aromatic amines is 1. The largest absolute Gasteiger partial charge is 0.368 e. The summed E-state index contributed by atoms with van der Waals surface area (Å²) in [5, 5.41) is 0.157. The van der Waals surface area contributed by atoms with E-state index in [1.54, 1.807) is 12.3 Å². The molecule has 0 radical (unpaired) electrons. The number of hydrogen-bond acceptors (Lipinski definition) is 3. The standard InChI is InChI=1S/C15H17ClFN3O/c1-10-7-18-15(19-10)14-9-20(4-5-21-14)8-11-2-3-12(16)13(17)6-11/h2-3,6-7,14H,4-5,8-9H2,1H3,(H,18,19)/t14-/m1/s1. The molecule has 0 aliphatic carbocycles. The van der Waals surface area contributed by atoms with Crippen LogP contribution in [-0.2, 0) is 11.3 Å². The zero-order chi connectivity index (χ0) is 14.8. The first-order valence-corrected chi connectivity index (χ1v) is 7.29. The van der Waals surface area contributed by atoms with Crippen molar-refractivity contribution in [1.82, 2.24) is 14.9 Å². The fourth-order valence-electron chi connectivity index (χ4n) is 2.50. The molecular formula is C15H17ClFN3O. The zero-order valence-electron chi connectivity index (χ0n) is 11.8. The second-order valence-electron chi connectivity index (χ2n) is 5.29. The molecule has 1 aliphatic rings. The summed E-state index contributed by atoms with van der Waals surface area (Å²) in [6.45, 7) is 4.83. The third-order valence-corrected chi connectivity index (χ3v) is 3.87. The van der Waals surface area contributed by atoms with E-state index in [1.165, 1.54) is 6.07 Å². The fraction of sp³-hybridized carbons (Fsp3) is 0.400. The summed E-state index contributed by atoms with van der Waals surface area (Å²) in [7, 11) is 0. The van der Waals surface area contributed by atoms with Crippen molar-refractivity contribution in [2.75, 3.05) is 19.7 Å². The number of ether oxygens (including phenoxy) is 1. The van der Waals surface area contributed by atoms with Crippen LogP contribution in [0.15, 0.2) is 24.4 Å². The topological polar surface area (TPSA) is 41.2 Å². The van der Waals surface area contributed by atoms with Crippen LogP contribution in [0.1, 0.15) is 23.2 Å². The smallest absolute Gasteiger partial charge is 0.142 e. The van der Waals surface area contributed by atoms with Gasteiger partial charge in [-0.25, -0.2) is 9.37 Å². The predicted octanol–water partition coefficient (Wildman–Crippen LogP) is 3.08. The average molecular weight is 310 g/mol. The van der Waals surface area contributed by atoms with Crippen LogP contribution < -0.4 is 0 Å². The van der Waals surface area contributed by atoms with Gasteiger partial charge >= 0.3 is 0 Å². The number of imidazole rings is 1. The Balaban J connectivity index is 1.67. The molecule has 1 aliphatic heterocycles. The van der Waals surface area contributed by atoms with Gasteiger partial charge in [-0.2, -0.15) is 0 Å². The van der Waals surface area contributed by atoms with E-state index in [1.807, 2.05) is 13.0 Å². The van der Waals surface area contributed by atoms with Crippen molar-refractivity contribution in [2.24, 2.45) is 0 Å². The van der Waals surface area contributed by atoms with Gasteiger partial charge < -0.3 is 9.72 Å². The molecule has 0 amide bonds. The monoisotopic (exact) mass is 309 g/mol. The lowest BCUT2D eigenvalue weighted by atomic mass is 10.2. The maximum Gasteiger partial charge on any atom is 0.142 e. The van der Waals surface area contributed by atoms with Crippen LogP contribution in [-0.4, -0.2) is 34.6 Å². The fourth-order valence-corrected chi connectivity index (χ4v) is 2.62. The minimum atomic E-state index is -0.374. The van der Waals surface area contributed by atoms with E-state index >= 15 is 0 Å². The Morgan fingerprint density at radius 2 is 2.38 bits per heavy atom. The van der Waals surface area contributed by atoms with Crippen molar-refractivity contribution >= 4 is 11.6 Å². The molecule has 0 saturated carbocycles. The summed E-state index contributed by atoms with van der Waals surface area (Å²) in [6, 6.07) is 4.94. The number of halogens is 2. The van der Waals surface area contributed by atoms with Gasteiger partial charge in [-0.3, -0.25) is 4.90 Å². The van der Waals surface area contributed by atoms with Crippen LogP contribution in [0.25, 0.3) is 0 Å². The lowest BCUT2D eigenvalue weighted by molar-refractivity contribution is -0.0368. The minimum Gasteiger partial charge on any atom is -0.368 e. The van der Waals surface area contributed by atoms with Crippen molar-refractivity contribution in [3.05, 3.63) is 52.3 Å². The Kier molecular flexibility index (Phi) is 4.24. The normalized spacial score (nSPS) is 19.9. The quantitative estimate of drug-likeness (QED) is 0.947. The molecule has 1 aromatic carbocycles. The maximum absolute atomic E-state index is 13.5. The summed E-state index contributed by atoms with van der Waals surface area (Å²) in [6.07, 6.45) is 1.73. The summed E-state index contributed by atoms with van der Waals surface area (Å²) in [4.78, 5) is 9.76.